The molecule has 0 saturated heterocycles. The maximum absolute atomic E-state index is 13.3. The van der Waals surface area contributed by atoms with E-state index in [2.05, 4.69) is 10.3 Å². The van der Waals surface area contributed by atoms with Gasteiger partial charge in [-0.25, -0.2) is 4.39 Å². The summed E-state index contributed by atoms with van der Waals surface area (Å²) >= 11 is 0. The Kier molecular flexibility index (Phi) is 2.72. The highest BCUT2D eigenvalue weighted by Crippen LogP contribution is 2.40. The van der Waals surface area contributed by atoms with Gasteiger partial charge in [-0.2, -0.15) is 0 Å². The summed E-state index contributed by atoms with van der Waals surface area (Å²) < 4.78 is 13.3. The van der Waals surface area contributed by atoms with Gasteiger partial charge in [0.15, 0.2) is 5.60 Å². The molecule has 0 amide bonds. The second-order valence-corrected chi connectivity index (χ2v) is 5.38. The molecule has 0 spiro atoms. The largest absolute Gasteiger partial charge is 0.380 e. The number of fused-ring (bicyclic) bond motifs is 1. The summed E-state index contributed by atoms with van der Waals surface area (Å²) in [5.41, 5.74) is 0.726. The van der Waals surface area contributed by atoms with Crippen molar-refractivity contribution in [2.75, 3.05) is 0 Å². The first-order valence-corrected chi connectivity index (χ1v) is 6.98. The fraction of sp³-hybridized carbons (Fsp3) is 0.188. The molecule has 1 heterocycles. The lowest BCUT2D eigenvalue weighted by Crippen LogP contribution is -2.36. The number of aromatic nitrogens is 3. The number of nitrogens with zero attached hydrogens (tertiary/aromatic N) is 3. The van der Waals surface area contributed by atoms with Crippen LogP contribution in [0.2, 0.25) is 0 Å². The number of Topliss-reactive ketones (excluding diaryl/α,β-unsaturated/α-hetero) is 1. The van der Waals surface area contributed by atoms with Crippen molar-refractivity contribution in [1.82, 2.24) is 15.2 Å². The van der Waals surface area contributed by atoms with Crippen molar-refractivity contribution < 1.29 is 14.0 Å². The second-order valence-electron chi connectivity index (χ2n) is 5.38. The van der Waals surface area contributed by atoms with E-state index in [0.29, 0.717) is 29.4 Å². The SMILES string of the molecule is O=C(c1cccc(F)c1)C1(On2nnc3ccccc32)CC1. The van der Waals surface area contributed by atoms with E-state index in [-0.39, 0.29) is 5.78 Å². The molecule has 6 heteroatoms. The smallest absolute Gasteiger partial charge is 0.209 e. The minimum absolute atomic E-state index is 0.230. The second kappa shape index (κ2) is 4.62. The Balaban J connectivity index is 1.66. The van der Waals surface area contributed by atoms with Crippen LogP contribution in [0.4, 0.5) is 4.39 Å². The third-order valence-corrected chi connectivity index (χ3v) is 3.79. The van der Waals surface area contributed by atoms with Crippen molar-refractivity contribution in [3.8, 4) is 0 Å². The van der Waals surface area contributed by atoms with Crippen LogP contribution < -0.4 is 4.84 Å². The van der Waals surface area contributed by atoms with Gasteiger partial charge in [-0.3, -0.25) is 4.79 Å². The van der Waals surface area contributed by atoms with Crippen LogP contribution in [-0.2, 0) is 0 Å². The van der Waals surface area contributed by atoms with Gasteiger partial charge in [-0.1, -0.05) is 29.1 Å². The fourth-order valence-corrected chi connectivity index (χ4v) is 2.45. The Bertz CT molecular complexity index is 870. The van der Waals surface area contributed by atoms with E-state index in [1.54, 1.807) is 6.07 Å². The lowest BCUT2D eigenvalue weighted by molar-refractivity contribution is 0.00766. The van der Waals surface area contributed by atoms with Gasteiger partial charge in [-0.15, -0.1) is 5.10 Å². The van der Waals surface area contributed by atoms with Crippen LogP contribution >= 0.6 is 0 Å². The van der Waals surface area contributed by atoms with Crippen molar-refractivity contribution in [3.05, 3.63) is 59.9 Å². The minimum atomic E-state index is -0.968. The predicted molar refractivity (Wildman–Crippen MR) is 76.8 cm³/mol. The number of ketones is 1. The van der Waals surface area contributed by atoms with Crippen molar-refractivity contribution in [2.24, 2.45) is 0 Å². The molecule has 1 aromatic heterocycles. The normalized spacial score (nSPS) is 15.7. The van der Waals surface area contributed by atoms with E-state index < -0.39 is 11.4 Å². The Labute approximate surface area is 125 Å². The highest BCUT2D eigenvalue weighted by atomic mass is 19.1. The lowest BCUT2D eigenvalue weighted by Gasteiger charge is -2.15. The monoisotopic (exact) mass is 297 g/mol. The standard InChI is InChI=1S/C16H12FN3O2/c17-12-5-3-4-11(10-12)15(21)16(8-9-16)22-20-14-7-2-1-6-13(14)18-19-20/h1-7,10H,8-9H2. The number of benzene rings is 2. The average molecular weight is 297 g/mol. The van der Waals surface area contributed by atoms with Gasteiger partial charge < -0.3 is 4.84 Å². The molecule has 0 bridgehead atoms. The third kappa shape index (κ3) is 2.04. The summed E-state index contributed by atoms with van der Waals surface area (Å²) in [6.45, 7) is 0. The first-order valence-electron chi connectivity index (χ1n) is 6.98. The molecule has 1 aliphatic rings. The molecule has 0 aliphatic heterocycles. The number of para-hydroxylation sites is 1. The highest BCUT2D eigenvalue weighted by Gasteiger charge is 2.54. The number of carbonyl (C=O) groups is 1. The Morgan fingerprint density at radius 1 is 1.18 bits per heavy atom. The van der Waals surface area contributed by atoms with Crippen LogP contribution in [0.1, 0.15) is 23.2 Å². The fourth-order valence-electron chi connectivity index (χ4n) is 2.45. The van der Waals surface area contributed by atoms with Crippen molar-refractivity contribution >= 4 is 16.8 Å². The zero-order valence-corrected chi connectivity index (χ0v) is 11.6. The number of rotatable bonds is 4. The van der Waals surface area contributed by atoms with E-state index in [4.69, 9.17) is 4.84 Å². The quantitative estimate of drug-likeness (QED) is 0.694. The summed E-state index contributed by atoms with van der Waals surface area (Å²) in [5.74, 6) is -0.667. The molecule has 2 aromatic carbocycles. The molecule has 5 nitrogen and oxygen atoms in total. The molecule has 0 unspecified atom stereocenters. The van der Waals surface area contributed by atoms with Gasteiger partial charge in [0, 0.05) is 18.4 Å². The first-order chi connectivity index (χ1) is 10.7. The van der Waals surface area contributed by atoms with Crippen molar-refractivity contribution in [1.29, 1.82) is 0 Å². The molecule has 0 atom stereocenters. The van der Waals surface area contributed by atoms with Crippen LogP contribution in [0.5, 0.6) is 0 Å². The molecule has 1 aliphatic carbocycles. The van der Waals surface area contributed by atoms with E-state index in [1.165, 1.54) is 23.0 Å². The average Bonchev–Trinajstić information content (AvgIpc) is 3.21. The van der Waals surface area contributed by atoms with Crippen molar-refractivity contribution in [2.45, 2.75) is 18.4 Å². The summed E-state index contributed by atoms with van der Waals surface area (Å²) in [6, 6.07) is 13.0. The zero-order valence-electron chi connectivity index (χ0n) is 11.6. The van der Waals surface area contributed by atoms with Crippen LogP contribution in [0.3, 0.4) is 0 Å². The Morgan fingerprint density at radius 3 is 2.77 bits per heavy atom. The van der Waals surface area contributed by atoms with Crippen LogP contribution in [0, 0.1) is 5.82 Å². The van der Waals surface area contributed by atoms with Crippen LogP contribution in [-0.4, -0.2) is 26.5 Å². The predicted octanol–water partition coefficient (Wildman–Crippen LogP) is 2.41. The van der Waals surface area contributed by atoms with E-state index in [0.717, 1.165) is 0 Å². The molecule has 110 valence electrons. The number of hydrogen-bond donors (Lipinski definition) is 0. The maximum Gasteiger partial charge on any atom is 0.209 e. The topological polar surface area (TPSA) is 57.0 Å². The molecule has 1 saturated carbocycles. The van der Waals surface area contributed by atoms with Gasteiger partial charge in [0.1, 0.15) is 16.9 Å². The molecule has 1 fully saturated rings. The van der Waals surface area contributed by atoms with E-state index >= 15 is 0 Å². The summed E-state index contributed by atoms with van der Waals surface area (Å²) in [7, 11) is 0. The molecular weight excluding hydrogens is 285 g/mol. The number of carbonyl (C=O) groups excluding carboxylic acids is 1. The maximum atomic E-state index is 13.3. The van der Waals surface area contributed by atoms with Gasteiger partial charge in [0.2, 0.25) is 5.78 Å². The van der Waals surface area contributed by atoms with Gasteiger partial charge >= 0.3 is 0 Å². The highest BCUT2D eigenvalue weighted by molar-refractivity contribution is 6.04. The molecule has 0 radical (unpaired) electrons. The Morgan fingerprint density at radius 2 is 2.00 bits per heavy atom. The molecular formula is C16H12FN3O2. The van der Waals surface area contributed by atoms with Gasteiger partial charge in [0.25, 0.3) is 0 Å². The number of halogens is 1. The van der Waals surface area contributed by atoms with Crippen LogP contribution in [0.25, 0.3) is 11.0 Å². The molecule has 22 heavy (non-hydrogen) atoms. The zero-order chi connectivity index (χ0) is 15.2. The first kappa shape index (κ1) is 12.9. The summed E-state index contributed by atoms with van der Waals surface area (Å²) in [5, 5.41) is 7.93. The minimum Gasteiger partial charge on any atom is -0.380 e. The van der Waals surface area contributed by atoms with Crippen LogP contribution in [0.15, 0.2) is 48.5 Å². The Hall–Kier alpha value is -2.76. The summed E-state index contributed by atoms with van der Waals surface area (Å²) in [4.78, 5) is 19.7. The molecule has 0 N–H and O–H groups in total. The number of hydrogen-bond acceptors (Lipinski definition) is 4. The third-order valence-electron chi connectivity index (χ3n) is 3.79. The lowest BCUT2D eigenvalue weighted by atomic mass is 10.0. The van der Waals surface area contributed by atoms with Gasteiger partial charge in [0.05, 0.1) is 0 Å². The van der Waals surface area contributed by atoms with Crippen molar-refractivity contribution in [3.63, 3.8) is 0 Å². The molecule has 3 aromatic rings. The van der Waals surface area contributed by atoms with E-state index in [1.807, 2.05) is 24.3 Å². The van der Waals surface area contributed by atoms with E-state index in [9.17, 15) is 9.18 Å². The molecule has 4 rings (SSSR count). The summed E-state index contributed by atoms with van der Waals surface area (Å²) in [6.07, 6.45) is 1.16. The van der Waals surface area contributed by atoms with Gasteiger partial charge in [-0.05, 0) is 29.5 Å².